The lowest BCUT2D eigenvalue weighted by atomic mass is 9.82. The summed E-state index contributed by atoms with van der Waals surface area (Å²) in [7, 11) is 1.58. The van der Waals surface area contributed by atoms with Crippen LogP contribution in [0.3, 0.4) is 0 Å². The van der Waals surface area contributed by atoms with Crippen molar-refractivity contribution in [3.8, 4) is 11.5 Å². The molecule has 0 aliphatic carbocycles. The summed E-state index contributed by atoms with van der Waals surface area (Å²) in [6, 6.07) is 8.73. The van der Waals surface area contributed by atoms with Crippen molar-refractivity contribution in [2.75, 3.05) is 20.2 Å². The van der Waals surface area contributed by atoms with Gasteiger partial charge in [-0.15, -0.1) is 0 Å². The molecule has 5 rings (SSSR count). The monoisotopic (exact) mass is 425 g/mol. The van der Waals surface area contributed by atoms with E-state index in [1.54, 1.807) is 48.5 Å². The molecule has 1 aromatic heterocycles. The number of halogens is 1. The third kappa shape index (κ3) is 3.10. The Balaban J connectivity index is 1.34. The maximum atomic E-state index is 13.0. The molecule has 3 heterocycles. The third-order valence-corrected chi connectivity index (χ3v) is 6.31. The second-order valence-electron chi connectivity index (χ2n) is 7.83. The van der Waals surface area contributed by atoms with Gasteiger partial charge in [-0.05, 0) is 24.3 Å². The van der Waals surface area contributed by atoms with E-state index in [9.17, 15) is 9.59 Å². The van der Waals surface area contributed by atoms with Crippen LogP contribution in [0.1, 0.15) is 40.0 Å². The van der Waals surface area contributed by atoms with E-state index in [0.29, 0.717) is 65.5 Å². The number of piperidine rings is 1. The van der Waals surface area contributed by atoms with Gasteiger partial charge >= 0.3 is 0 Å². The number of methoxy groups -OCH3 is 1. The Labute approximate surface area is 177 Å². The first-order valence-corrected chi connectivity index (χ1v) is 10.2. The van der Waals surface area contributed by atoms with Crippen LogP contribution in [0.4, 0.5) is 0 Å². The second kappa shape index (κ2) is 7.02. The van der Waals surface area contributed by atoms with Crippen LogP contribution in [0, 0.1) is 0 Å². The quantitative estimate of drug-likeness (QED) is 0.673. The van der Waals surface area contributed by atoms with Crippen molar-refractivity contribution < 1.29 is 19.1 Å². The van der Waals surface area contributed by atoms with Crippen LogP contribution in [-0.4, -0.2) is 52.6 Å². The minimum absolute atomic E-state index is 0.0656. The highest BCUT2D eigenvalue weighted by Crippen LogP contribution is 2.41. The second-order valence-corrected chi connectivity index (χ2v) is 8.24. The number of ketones is 1. The Morgan fingerprint density at radius 1 is 1.27 bits per heavy atom. The van der Waals surface area contributed by atoms with E-state index in [1.807, 2.05) is 0 Å². The van der Waals surface area contributed by atoms with Gasteiger partial charge in [0.1, 0.15) is 17.1 Å². The summed E-state index contributed by atoms with van der Waals surface area (Å²) >= 11 is 6.28. The number of benzene rings is 2. The molecular formula is C22H20ClN3O4. The van der Waals surface area contributed by atoms with Crippen molar-refractivity contribution >= 4 is 34.2 Å². The number of nitrogens with zero attached hydrogens (tertiary/aromatic N) is 2. The Morgan fingerprint density at radius 2 is 2.07 bits per heavy atom. The molecule has 1 N–H and O–H groups in total. The highest BCUT2D eigenvalue weighted by Gasteiger charge is 2.43. The summed E-state index contributed by atoms with van der Waals surface area (Å²) in [5, 5.41) is 8.07. The van der Waals surface area contributed by atoms with Gasteiger partial charge in [0, 0.05) is 42.9 Å². The summed E-state index contributed by atoms with van der Waals surface area (Å²) < 4.78 is 11.6. The van der Waals surface area contributed by atoms with Crippen molar-refractivity contribution in [3.63, 3.8) is 0 Å². The molecule has 1 spiro atoms. The Morgan fingerprint density at radius 3 is 2.83 bits per heavy atom. The number of likely N-dealkylation sites (tertiary alicyclic amines) is 1. The van der Waals surface area contributed by atoms with Gasteiger partial charge < -0.3 is 14.4 Å². The predicted octanol–water partition coefficient (Wildman–Crippen LogP) is 3.87. The Bertz CT molecular complexity index is 1160. The molecule has 2 aromatic carbocycles. The summed E-state index contributed by atoms with van der Waals surface area (Å²) in [6.07, 6.45) is 3.14. The summed E-state index contributed by atoms with van der Waals surface area (Å²) in [5.74, 6) is 1.19. The number of hydrogen-bond acceptors (Lipinski definition) is 5. The number of amides is 1. The first kappa shape index (κ1) is 18.9. The first-order chi connectivity index (χ1) is 14.5. The molecule has 0 atom stereocenters. The van der Waals surface area contributed by atoms with E-state index in [0.717, 1.165) is 5.39 Å². The predicted molar refractivity (Wildman–Crippen MR) is 112 cm³/mol. The van der Waals surface area contributed by atoms with Gasteiger partial charge in [0.2, 0.25) is 0 Å². The van der Waals surface area contributed by atoms with Gasteiger partial charge in [0.25, 0.3) is 5.91 Å². The number of ether oxygens (including phenoxy) is 2. The first-order valence-electron chi connectivity index (χ1n) is 9.80. The maximum absolute atomic E-state index is 13.0. The Kier molecular flexibility index (Phi) is 4.43. The smallest absolute Gasteiger partial charge is 0.253 e. The largest absolute Gasteiger partial charge is 0.497 e. The number of rotatable bonds is 2. The van der Waals surface area contributed by atoms with E-state index in [-0.39, 0.29) is 11.7 Å². The number of Topliss-reactive ketones (excluding diaryl/α,β-unsaturated/α-hetero) is 1. The van der Waals surface area contributed by atoms with Crippen molar-refractivity contribution in [2.45, 2.75) is 24.9 Å². The Hall–Kier alpha value is -3.06. The minimum atomic E-state index is -0.584. The van der Waals surface area contributed by atoms with Crippen LogP contribution >= 0.6 is 11.6 Å². The molecule has 0 radical (unpaired) electrons. The standard InChI is InChI=1S/C22H20ClN3O4/c1-29-15-2-3-16-18(27)11-22(30-19(16)10-15)4-6-26(7-5-22)21(28)13-8-14-12-24-25-20(14)17(23)9-13/h2-3,8-10,12H,4-7,11H2,1H3,(H,24,25). The minimum Gasteiger partial charge on any atom is -0.497 e. The number of aromatic nitrogens is 2. The highest BCUT2D eigenvalue weighted by molar-refractivity contribution is 6.35. The number of H-pyrrole nitrogens is 1. The molecule has 3 aromatic rings. The molecule has 2 aliphatic heterocycles. The van der Waals surface area contributed by atoms with Gasteiger partial charge in [0.15, 0.2) is 5.78 Å². The zero-order valence-corrected chi connectivity index (χ0v) is 17.2. The van der Waals surface area contributed by atoms with E-state index in [1.165, 1.54) is 0 Å². The van der Waals surface area contributed by atoms with Crippen LogP contribution in [-0.2, 0) is 0 Å². The number of hydrogen-bond donors (Lipinski definition) is 1. The topological polar surface area (TPSA) is 84.5 Å². The fourth-order valence-electron chi connectivity index (χ4n) is 4.32. The van der Waals surface area contributed by atoms with Gasteiger partial charge in [-0.1, -0.05) is 11.6 Å². The molecule has 0 saturated carbocycles. The molecule has 154 valence electrons. The van der Waals surface area contributed by atoms with Crippen LogP contribution in [0.2, 0.25) is 5.02 Å². The van der Waals surface area contributed by atoms with Gasteiger partial charge in [-0.25, -0.2) is 0 Å². The number of aromatic amines is 1. The SMILES string of the molecule is COc1ccc2c(c1)OC1(CCN(C(=O)c3cc(Cl)c4[nH]ncc4c3)CC1)CC2=O. The van der Waals surface area contributed by atoms with Crippen LogP contribution < -0.4 is 9.47 Å². The van der Waals surface area contributed by atoms with Gasteiger partial charge in [0.05, 0.1) is 35.8 Å². The number of fused-ring (bicyclic) bond motifs is 2. The molecular weight excluding hydrogens is 406 g/mol. The molecule has 7 nitrogen and oxygen atoms in total. The van der Waals surface area contributed by atoms with Crippen LogP contribution in [0.15, 0.2) is 36.5 Å². The lowest BCUT2D eigenvalue weighted by Crippen LogP contribution is -2.52. The average Bonchev–Trinajstić information content (AvgIpc) is 3.22. The summed E-state index contributed by atoms with van der Waals surface area (Å²) in [5.41, 5.74) is 1.25. The zero-order chi connectivity index (χ0) is 20.9. The maximum Gasteiger partial charge on any atom is 0.253 e. The molecule has 0 unspecified atom stereocenters. The van der Waals surface area contributed by atoms with E-state index in [2.05, 4.69) is 10.2 Å². The van der Waals surface area contributed by atoms with Gasteiger partial charge in [-0.2, -0.15) is 5.10 Å². The van der Waals surface area contributed by atoms with Crippen molar-refractivity contribution in [3.05, 3.63) is 52.7 Å². The van der Waals surface area contributed by atoms with E-state index >= 15 is 0 Å². The van der Waals surface area contributed by atoms with Crippen LogP contribution in [0.25, 0.3) is 10.9 Å². The zero-order valence-electron chi connectivity index (χ0n) is 16.4. The fraction of sp³-hybridized carbons (Fsp3) is 0.318. The van der Waals surface area contributed by atoms with E-state index < -0.39 is 5.60 Å². The number of carbonyl (C=O) groups is 2. The van der Waals surface area contributed by atoms with Crippen molar-refractivity contribution in [1.29, 1.82) is 0 Å². The average molecular weight is 426 g/mol. The molecule has 0 bridgehead atoms. The van der Waals surface area contributed by atoms with E-state index in [4.69, 9.17) is 21.1 Å². The molecule has 1 saturated heterocycles. The van der Waals surface area contributed by atoms with Crippen LogP contribution in [0.5, 0.6) is 11.5 Å². The molecule has 2 aliphatic rings. The number of carbonyl (C=O) groups excluding carboxylic acids is 2. The lowest BCUT2D eigenvalue weighted by molar-refractivity contribution is -0.00580. The fourth-order valence-corrected chi connectivity index (χ4v) is 4.59. The molecule has 1 fully saturated rings. The molecule has 30 heavy (non-hydrogen) atoms. The highest BCUT2D eigenvalue weighted by atomic mass is 35.5. The third-order valence-electron chi connectivity index (χ3n) is 6.01. The normalized spacial score (nSPS) is 17.7. The van der Waals surface area contributed by atoms with Crippen molar-refractivity contribution in [2.24, 2.45) is 0 Å². The molecule has 8 heteroatoms. The summed E-state index contributed by atoms with van der Waals surface area (Å²) in [4.78, 5) is 27.5. The summed E-state index contributed by atoms with van der Waals surface area (Å²) in [6.45, 7) is 1.01. The lowest BCUT2D eigenvalue weighted by Gasteiger charge is -2.44. The number of nitrogens with one attached hydrogen (secondary N) is 1. The van der Waals surface area contributed by atoms with Crippen molar-refractivity contribution in [1.82, 2.24) is 15.1 Å². The van der Waals surface area contributed by atoms with Gasteiger partial charge in [-0.3, -0.25) is 14.7 Å². The molecule has 1 amide bonds.